The van der Waals surface area contributed by atoms with Crippen LogP contribution in [0.25, 0.3) is 0 Å². The van der Waals surface area contributed by atoms with Crippen LogP contribution >= 0.6 is 0 Å². The van der Waals surface area contributed by atoms with Crippen LogP contribution in [0.2, 0.25) is 0 Å². The molecule has 120 valence electrons. The average Bonchev–Trinajstić information content (AvgIpc) is 3.16. The summed E-state index contributed by atoms with van der Waals surface area (Å²) in [5, 5.41) is 7.05. The average molecular weight is 304 g/mol. The molecule has 2 heterocycles. The summed E-state index contributed by atoms with van der Waals surface area (Å²) in [6.45, 7) is 9.43. The maximum atomic E-state index is 12.2. The smallest absolute Gasteiger partial charge is 0.287 e. The predicted octanol–water partition coefficient (Wildman–Crippen LogP) is 2.14. The normalized spacial score (nSPS) is 12.5. The van der Waals surface area contributed by atoms with E-state index in [0.717, 1.165) is 25.4 Å². The predicted molar refractivity (Wildman–Crippen MR) is 84.5 cm³/mol. The fraction of sp³-hybridized carbons (Fsp3) is 0.500. The number of carbonyl (C=O) groups excluding carboxylic acids is 1. The first kappa shape index (κ1) is 16.3. The van der Waals surface area contributed by atoms with Crippen LogP contribution in [-0.4, -0.2) is 39.7 Å². The van der Waals surface area contributed by atoms with Crippen LogP contribution in [0.3, 0.4) is 0 Å². The van der Waals surface area contributed by atoms with E-state index in [1.807, 2.05) is 25.3 Å². The van der Waals surface area contributed by atoms with Crippen LogP contribution < -0.4 is 5.32 Å². The molecule has 0 aliphatic rings. The molecular weight excluding hydrogens is 280 g/mol. The zero-order chi connectivity index (χ0) is 15.9. The van der Waals surface area contributed by atoms with Crippen molar-refractivity contribution in [3.63, 3.8) is 0 Å². The number of rotatable bonds is 8. The SMILES string of the molecule is CCN(CC)Cc1ccc(C(=O)N[C@@H](C)Cn2cccn2)o1. The van der Waals surface area contributed by atoms with Gasteiger partial charge in [0.15, 0.2) is 5.76 Å². The highest BCUT2D eigenvalue weighted by Gasteiger charge is 2.15. The summed E-state index contributed by atoms with van der Waals surface area (Å²) in [7, 11) is 0. The second-order valence-corrected chi connectivity index (χ2v) is 5.33. The van der Waals surface area contributed by atoms with E-state index >= 15 is 0 Å². The molecule has 0 spiro atoms. The minimum Gasteiger partial charge on any atom is -0.455 e. The van der Waals surface area contributed by atoms with Crippen LogP contribution in [0, 0.1) is 0 Å². The Morgan fingerprint density at radius 1 is 1.41 bits per heavy atom. The Kier molecular flexibility index (Phi) is 5.77. The van der Waals surface area contributed by atoms with Gasteiger partial charge in [0.2, 0.25) is 0 Å². The van der Waals surface area contributed by atoms with Gasteiger partial charge in [-0.15, -0.1) is 0 Å². The molecule has 1 N–H and O–H groups in total. The quantitative estimate of drug-likeness (QED) is 0.811. The zero-order valence-corrected chi connectivity index (χ0v) is 13.5. The second kappa shape index (κ2) is 7.79. The van der Waals surface area contributed by atoms with Gasteiger partial charge in [0.25, 0.3) is 5.91 Å². The highest BCUT2D eigenvalue weighted by Crippen LogP contribution is 2.11. The molecular formula is C16H24N4O2. The lowest BCUT2D eigenvalue weighted by Gasteiger charge is -2.16. The molecule has 2 aromatic rings. The third-order valence-corrected chi connectivity index (χ3v) is 3.56. The van der Waals surface area contributed by atoms with Crippen molar-refractivity contribution in [3.05, 3.63) is 42.1 Å². The molecule has 0 bridgehead atoms. The van der Waals surface area contributed by atoms with Crippen molar-refractivity contribution in [2.45, 2.75) is 39.9 Å². The first-order valence-electron chi connectivity index (χ1n) is 7.71. The lowest BCUT2D eigenvalue weighted by atomic mass is 10.3. The molecule has 0 fully saturated rings. The molecule has 2 aromatic heterocycles. The van der Waals surface area contributed by atoms with Crippen molar-refractivity contribution in [3.8, 4) is 0 Å². The standard InChI is InChI=1S/C16H24N4O2/c1-4-19(5-2)12-14-7-8-15(22-14)16(21)18-13(3)11-20-10-6-9-17-20/h6-10,13H,4-5,11-12H2,1-3H3,(H,18,21)/t13-/m0/s1. The Labute approximate surface area is 131 Å². The lowest BCUT2D eigenvalue weighted by Crippen LogP contribution is -2.35. The Morgan fingerprint density at radius 2 is 2.18 bits per heavy atom. The maximum absolute atomic E-state index is 12.2. The summed E-state index contributed by atoms with van der Waals surface area (Å²) in [5.74, 6) is 0.980. The first-order chi connectivity index (χ1) is 10.6. The summed E-state index contributed by atoms with van der Waals surface area (Å²) < 4.78 is 7.43. The number of amides is 1. The van der Waals surface area contributed by atoms with Crippen molar-refractivity contribution in [1.82, 2.24) is 20.0 Å². The number of hydrogen-bond acceptors (Lipinski definition) is 4. The molecule has 1 amide bonds. The number of aromatic nitrogens is 2. The van der Waals surface area contributed by atoms with Crippen LogP contribution in [-0.2, 0) is 13.1 Å². The fourth-order valence-electron chi connectivity index (χ4n) is 2.28. The molecule has 0 saturated heterocycles. The Morgan fingerprint density at radius 3 is 2.82 bits per heavy atom. The van der Waals surface area contributed by atoms with Gasteiger partial charge < -0.3 is 9.73 Å². The Bertz CT molecular complexity index is 573. The van der Waals surface area contributed by atoms with E-state index in [1.165, 1.54) is 0 Å². The van der Waals surface area contributed by atoms with Crippen molar-refractivity contribution < 1.29 is 9.21 Å². The van der Waals surface area contributed by atoms with Crippen molar-refractivity contribution in [2.24, 2.45) is 0 Å². The summed E-state index contributed by atoms with van der Waals surface area (Å²) in [4.78, 5) is 14.4. The molecule has 0 radical (unpaired) electrons. The van der Waals surface area contributed by atoms with Gasteiger partial charge in [-0.2, -0.15) is 5.10 Å². The van der Waals surface area contributed by atoms with Crippen LogP contribution in [0.4, 0.5) is 0 Å². The number of furan rings is 1. The van der Waals surface area contributed by atoms with E-state index in [4.69, 9.17) is 4.42 Å². The molecule has 0 aromatic carbocycles. The van der Waals surface area contributed by atoms with Crippen molar-refractivity contribution >= 4 is 5.91 Å². The van der Waals surface area contributed by atoms with Crippen molar-refractivity contribution in [1.29, 1.82) is 0 Å². The van der Waals surface area contributed by atoms with E-state index in [0.29, 0.717) is 12.3 Å². The highest BCUT2D eigenvalue weighted by molar-refractivity contribution is 5.91. The number of nitrogens with one attached hydrogen (secondary N) is 1. The summed E-state index contributed by atoms with van der Waals surface area (Å²) in [6.07, 6.45) is 3.60. The third-order valence-electron chi connectivity index (χ3n) is 3.56. The second-order valence-electron chi connectivity index (χ2n) is 5.33. The zero-order valence-electron chi connectivity index (χ0n) is 13.5. The minimum atomic E-state index is -0.189. The molecule has 0 unspecified atom stereocenters. The number of nitrogens with zero attached hydrogens (tertiary/aromatic N) is 3. The van der Waals surface area contributed by atoms with E-state index in [1.54, 1.807) is 16.9 Å². The van der Waals surface area contributed by atoms with Gasteiger partial charge in [-0.05, 0) is 38.2 Å². The Hall–Kier alpha value is -2.08. The first-order valence-corrected chi connectivity index (χ1v) is 7.71. The van der Waals surface area contributed by atoms with Crippen LogP contribution in [0.5, 0.6) is 0 Å². The molecule has 2 rings (SSSR count). The summed E-state index contributed by atoms with van der Waals surface area (Å²) in [6, 6.07) is 5.43. The van der Waals surface area contributed by atoms with Gasteiger partial charge >= 0.3 is 0 Å². The van der Waals surface area contributed by atoms with Crippen molar-refractivity contribution in [2.75, 3.05) is 13.1 Å². The molecule has 0 aliphatic heterocycles. The van der Waals surface area contributed by atoms with Crippen LogP contribution in [0.15, 0.2) is 35.0 Å². The molecule has 0 saturated carbocycles. The molecule has 1 atom stereocenters. The van der Waals surface area contributed by atoms with Gasteiger partial charge in [-0.1, -0.05) is 13.8 Å². The van der Waals surface area contributed by atoms with Gasteiger partial charge in [0.05, 0.1) is 13.1 Å². The van der Waals surface area contributed by atoms with E-state index in [2.05, 4.69) is 29.2 Å². The lowest BCUT2D eigenvalue weighted by molar-refractivity contribution is 0.0904. The summed E-state index contributed by atoms with van der Waals surface area (Å²) in [5.41, 5.74) is 0. The molecule has 6 nitrogen and oxygen atoms in total. The van der Waals surface area contributed by atoms with Gasteiger partial charge in [0.1, 0.15) is 5.76 Å². The van der Waals surface area contributed by atoms with Gasteiger partial charge in [-0.3, -0.25) is 14.4 Å². The maximum Gasteiger partial charge on any atom is 0.287 e. The van der Waals surface area contributed by atoms with Gasteiger partial charge in [-0.25, -0.2) is 0 Å². The van der Waals surface area contributed by atoms with E-state index in [9.17, 15) is 4.79 Å². The third kappa shape index (κ3) is 4.46. The van der Waals surface area contributed by atoms with E-state index in [-0.39, 0.29) is 11.9 Å². The molecule has 6 heteroatoms. The topological polar surface area (TPSA) is 63.3 Å². The number of hydrogen-bond donors (Lipinski definition) is 1. The Balaban J connectivity index is 1.88. The summed E-state index contributed by atoms with van der Waals surface area (Å²) >= 11 is 0. The van der Waals surface area contributed by atoms with E-state index < -0.39 is 0 Å². The van der Waals surface area contributed by atoms with Gasteiger partial charge in [0, 0.05) is 18.4 Å². The monoisotopic (exact) mass is 304 g/mol. The van der Waals surface area contributed by atoms with Crippen LogP contribution in [0.1, 0.15) is 37.1 Å². The largest absolute Gasteiger partial charge is 0.455 e. The molecule has 22 heavy (non-hydrogen) atoms. The fourth-order valence-corrected chi connectivity index (χ4v) is 2.28. The highest BCUT2D eigenvalue weighted by atomic mass is 16.4. The number of carbonyl (C=O) groups is 1. The molecule has 0 aliphatic carbocycles. The minimum absolute atomic E-state index is 0.0243.